The molecule has 1 N–H and O–H groups in total. The molecule has 29 heavy (non-hydrogen) atoms. The number of methoxy groups -OCH3 is 1. The second-order valence-corrected chi connectivity index (χ2v) is 7.63. The molecule has 164 valence electrons. The van der Waals surface area contributed by atoms with Gasteiger partial charge in [0, 0.05) is 38.4 Å². The van der Waals surface area contributed by atoms with E-state index in [-0.39, 0.29) is 5.91 Å². The van der Waals surface area contributed by atoms with E-state index in [1.165, 1.54) is 20.0 Å². The normalized spacial score (nSPS) is 14.8. The molecule has 0 radical (unpaired) electrons. The van der Waals surface area contributed by atoms with Crippen molar-refractivity contribution in [1.29, 1.82) is 0 Å². The van der Waals surface area contributed by atoms with Gasteiger partial charge in [0.05, 0.1) is 25.9 Å². The summed E-state index contributed by atoms with van der Waals surface area (Å²) < 4.78 is 10.4. The van der Waals surface area contributed by atoms with Crippen LogP contribution in [0.2, 0.25) is 0 Å². The number of H-pyrrole nitrogens is 1. The number of rotatable bonds is 11. The van der Waals surface area contributed by atoms with Crippen LogP contribution in [0.15, 0.2) is 0 Å². The molecule has 0 spiro atoms. The van der Waals surface area contributed by atoms with Crippen molar-refractivity contribution in [2.45, 2.75) is 52.9 Å². The summed E-state index contributed by atoms with van der Waals surface area (Å²) in [7, 11) is 1.37. The van der Waals surface area contributed by atoms with Crippen LogP contribution in [0.4, 0.5) is 0 Å². The van der Waals surface area contributed by atoms with Crippen LogP contribution in [0, 0.1) is 6.92 Å². The van der Waals surface area contributed by atoms with E-state index >= 15 is 0 Å². The fraction of sp³-hybridized carbons (Fsp3) is 0.727. The third-order valence-electron chi connectivity index (χ3n) is 5.64. The molecule has 0 unspecified atom stereocenters. The van der Waals surface area contributed by atoms with Crippen LogP contribution in [-0.2, 0) is 15.9 Å². The molecule has 7 nitrogen and oxygen atoms in total. The van der Waals surface area contributed by atoms with Crippen LogP contribution >= 0.6 is 0 Å². The first-order valence-corrected chi connectivity index (χ1v) is 10.9. The van der Waals surface area contributed by atoms with Crippen LogP contribution in [0.25, 0.3) is 0 Å². The Morgan fingerprint density at radius 1 is 1.14 bits per heavy atom. The number of amides is 1. The fourth-order valence-corrected chi connectivity index (χ4v) is 3.81. The second-order valence-electron chi connectivity index (χ2n) is 7.63. The molecule has 1 aromatic heterocycles. The van der Waals surface area contributed by atoms with Gasteiger partial charge in [-0.15, -0.1) is 0 Å². The number of aromatic amines is 1. The third kappa shape index (κ3) is 6.31. The van der Waals surface area contributed by atoms with Crippen LogP contribution in [-0.4, -0.2) is 79.7 Å². The Bertz CT molecular complexity index is 665. The molecule has 2 rings (SSSR count). The average molecular weight is 408 g/mol. The third-order valence-corrected chi connectivity index (χ3v) is 5.64. The van der Waals surface area contributed by atoms with Crippen molar-refractivity contribution < 1.29 is 19.1 Å². The summed E-state index contributed by atoms with van der Waals surface area (Å²) in [4.78, 5) is 33.1. The summed E-state index contributed by atoms with van der Waals surface area (Å²) in [6.45, 7) is 11.6. The van der Waals surface area contributed by atoms with E-state index in [1.54, 1.807) is 0 Å². The van der Waals surface area contributed by atoms with Crippen LogP contribution in [0.5, 0.6) is 0 Å². The van der Waals surface area contributed by atoms with Crippen LogP contribution in [0.1, 0.15) is 71.6 Å². The zero-order valence-corrected chi connectivity index (χ0v) is 18.5. The molecule has 0 aliphatic carbocycles. The standard InChI is InChI=1S/C22H37N3O4/c1-5-7-8-9-10-25(12-11-24-13-15-29-16-14-24)21(26)20-17(3)19(22(27)28-4)18(6-2)23-20/h23H,5-16H2,1-4H3. The highest BCUT2D eigenvalue weighted by Crippen LogP contribution is 2.22. The van der Waals surface area contributed by atoms with Gasteiger partial charge >= 0.3 is 5.97 Å². The molecule has 0 aromatic carbocycles. The van der Waals surface area contributed by atoms with Crippen LogP contribution < -0.4 is 0 Å². The predicted octanol–water partition coefficient (Wildman–Crippen LogP) is 3.03. The maximum Gasteiger partial charge on any atom is 0.339 e. The number of nitrogens with one attached hydrogen (secondary N) is 1. The Hall–Kier alpha value is -1.86. The van der Waals surface area contributed by atoms with Gasteiger partial charge in [-0.25, -0.2) is 4.79 Å². The number of aromatic nitrogens is 1. The monoisotopic (exact) mass is 407 g/mol. The van der Waals surface area contributed by atoms with Crippen molar-refractivity contribution in [2.24, 2.45) is 0 Å². The minimum Gasteiger partial charge on any atom is -0.465 e. The van der Waals surface area contributed by atoms with E-state index in [1.807, 2.05) is 18.7 Å². The van der Waals surface area contributed by atoms with E-state index in [2.05, 4.69) is 16.8 Å². The summed E-state index contributed by atoms with van der Waals surface area (Å²) >= 11 is 0. The lowest BCUT2D eigenvalue weighted by Crippen LogP contribution is -2.43. The van der Waals surface area contributed by atoms with E-state index in [0.29, 0.717) is 29.8 Å². The molecule has 1 amide bonds. The fourth-order valence-electron chi connectivity index (χ4n) is 3.81. The lowest BCUT2D eigenvalue weighted by Gasteiger charge is -2.30. The summed E-state index contributed by atoms with van der Waals surface area (Å²) in [6, 6.07) is 0. The van der Waals surface area contributed by atoms with Gasteiger partial charge in [0.1, 0.15) is 5.69 Å². The maximum atomic E-state index is 13.4. The minimum absolute atomic E-state index is 0.0305. The van der Waals surface area contributed by atoms with Crippen molar-refractivity contribution in [1.82, 2.24) is 14.8 Å². The number of aryl methyl sites for hydroxylation is 1. The minimum atomic E-state index is -0.391. The van der Waals surface area contributed by atoms with E-state index in [4.69, 9.17) is 9.47 Å². The lowest BCUT2D eigenvalue weighted by atomic mass is 10.1. The van der Waals surface area contributed by atoms with Crippen molar-refractivity contribution in [3.05, 3.63) is 22.5 Å². The molecule has 1 aliphatic rings. The Kier molecular flexibility index (Phi) is 9.67. The lowest BCUT2D eigenvalue weighted by molar-refractivity contribution is 0.0323. The highest BCUT2D eigenvalue weighted by atomic mass is 16.5. The van der Waals surface area contributed by atoms with Gasteiger partial charge in [0.15, 0.2) is 0 Å². The number of hydrogen-bond acceptors (Lipinski definition) is 5. The zero-order chi connectivity index (χ0) is 21.2. The first kappa shape index (κ1) is 23.4. The van der Waals surface area contributed by atoms with Crippen molar-refractivity contribution >= 4 is 11.9 Å². The van der Waals surface area contributed by atoms with Gasteiger partial charge in [-0.2, -0.15) is 0 Å². The molecule has 7 heteroatoms. The second kappa shape index (κ2) is 12.0. The number of carbonyl (C=O) groups excluding carboxylic acids is 2. The van der Waals surface area contributed by atoms with Crippen molar-refractivity contribution in [2.75, 3.05) is 53.0 Å². The molecular weight excluding hydrogens is 370 g/mol. The molecule has 0 bridgehead atoms. The Morgan fingerprint density at radius 2 is 1.86 bits per heavy atom. The predicted molar refractivity (Wildman–Crippen MR) is 114 cm³/mol. The van der Waals surface area contributed by atoms with E-state index < -0.39 is 5.97 Å². The molecule has 1 fully saturated rings. The van der Waals surface area contributed by atoms with Gasteiger partial charge in [-0.1, -0.05) is 33.1 Å². The quantitative estimate of drug-likeness (QED) is 0.451. The molecule has 1 aliphatic heterocycles. The van der Waals surface area contributed by atoms with Gasteiger partial charge in [-0.3, -0.25) is 9.69 Å². The summed E-state index contributed by atoms with van der Waals surface area (Å²) in [5.41, 5.74) is 2.46. The molecule has 0 atom stereocenters. The van der Waals surface area contributed by atoms with E-state index in [9.17, 15) is 9.59 Å². The Labute approximate surface area is 174 Å². The molecular formula is C22H37N3O4. The van der Waals surface area contributed by atoms with Crippen molar-refractivity contribution in [3.63, 3.8) is 0 Å². The summed E-state index contributed by atoms with van der Waals surface area (Å²) in [6.07, 6.45) is 5.10. The van der Waals surface area contributed by atoms with Gasteiger partial charge in [-0.05, 0) is 25.3 Å². The summed E-state index contributed by atoms with van der Waals surface area (Å²) in [5.74, 6) is -0.422. The number of nitrogens with zero attached hydrogens (tertiary/aromatic N) is 2. The summed E-state index contributed by atoms with van der Waals surface area (Å²) in [5, 5.41) is 0. The number of carbonyl (C=O) groups is 2. The Balaban J connectivity index is 2.16. The van der Waals surface area contributed by atoms with Gasteiger partial charge in [0.25, 0.3) is 5.91 Å². The number of unbranched alkanes of at least 4 members (excludes halogenated alkanes) is 3. The molecule has 1 saturated heterocycles. The SMILES string of the molecule is CCCCCCN(CCN1CCOCC1)C(=O)c1[nH]c(CC)c(C(=O)OC)c1C. The molecule has 0 saturated carbocycles. The number of esters is 1. The highest BCUT2D eigenvalue weighted by Gasteiger charge is 2.26. The Morgan fingerprint density at radius 3 is 2.48 bits per heavy atom. The number of morpholine rings is 1. The topological polar surface area (TPSA) is 74.9 Å². The average Bonchev–Trinajstić information content (AvgIpc) is 3.09. The molecule has 2 heterocycles. The maximum absolute atomic E-state index is 13.4. The van der Waals surface area contributed by atoms with Crippen LogP contribution in [0.3, 0.4) is 0 Å². The first-order valence-electron chi connectivity index (χ1n) is 10.9. The first-order chi connectivity index (χ1) is 14.0. The van der Waals surface area contributed by atoms with E-state index in [0.717, 1.165) is 57.9 Å². The number of ether oxygens (including phenoxy) is 2. The smallest absolute Gasteiger partial charge is 0.339 e. The highest BCUT2D eigenvalue weighted by molar-refractivity contribution is 6.00. The zero-order valence-electron chi connectivity index (χ0n) is 18.5. The van der Waals surface area contributed by atoms with Crippen molar-refractivity contribution in [3.8, 4) is 0 Å². The largest absolute Gasteiger partial charge is 0.465 e. The van der Waals surface area contributed by atoms with Gasteiger partial charge < -0.3 is 19.4 Å². The van der Waals surface area contributed by atoms with Gasteiger partial charge in [0.2, 0.25) is 0 Å². The number of hydrogen-bond donors (Lipinski definition) is 1. The molecule has 1 aromatic rings.